The van der Waals surface area contributed by atoms with Crippen molar-refractivity contribution in [2.24, 2.45) is 0 Å². The third-order valence-electron chi connectivity index (χ3n) is 2.33. The normalized spacial score (nSPS) is 11.9. The third kappa shape index (κ3) is 5.33. The van der Waals surface area contributed by atoms with Crippen LogP contribution in [0.4, 0.5) is 18.3 Å². The molecule has 4 nitrogen and oxygen atoms in total. The molecule has 0 aliphatic heterocycles. The number of hydrogen-bond donors (Lipinski definition) is 1. The average Bonchev–Trinajstić information content (AvgIpc) is 2.68. The van der Waals surface area contributed by atoms with Gasteiger partial charge in [0.05, 0.1) is 12.3 Å². The lowest BCUT2D eigenvalue weighted by molar-refractivity contribution is -0.119. The Balaban J connectivity index is 2.83. The topological polar surface area (TPSA) is 37.4 Å². The summed E-state index contributed by atoms with van der Waals surface area (Å²) in [4.78, 5) is 6.24. The van der Waals surface area contributed by atoms with Crippen molar-refractivity contribution in [3.63, 3.8) is 0 Å². The second-order valence-corrected chi connectivity index (χ2v) is 5.11. The molecule has 8 heteroatoms. The molecule has 1 aromatic heterocycles. The summed E-state index contributed by atoms with van der Waals surface area (Å²) >= 11 is 1.26. The van der Waals surface area contributed by atoms with Gasteiger partial charge in [0.1, 0.15) is 6.54 Å². The molecule has 0 unspecified atom stereocenters. The quantitative estimate of drug-likeness (QED) is 0.838. The van der Waals surface area contributed by atoms with E-state index < -0.39 is 12.7 Å². The van der Waals surface area contributed by atoms with Crippen LogP contribution in [0.15, 0.2) is 0 Å². The van der Waals surface area contributed by atoms with Gasteiger partial charge >= 0.3 is 6.18 Å². The maximum Gasteiger partial charge on any atom is 0.405 e. The summed E-state index contributed by atoms with van der Waals surface area (Å²) in [6, 6.07) is 0. The zero-order chi connectivity index (χ0) is 14.5. The lowest BCUT2D eigenvalue weighted by Crippen LogP contribution is -2.30. The van der Waals surface area contributed by atoms with Crippen molar-refractivity contribution in [2.75, 3.05) is 32.1 Å². The minimum atomic E-state index is -4.23. The molecule has 1 heterocycles. The molecule has 0 aliphatic rings. The Bertz CT molecular complexity index is 395. The standard InChI is InChI=1S/C11H18F3N3OS/c1-4-15-5-9-8(6-18-3)16-10(19-9)17(2)7-11(12,13)14/h15H,4-7H2,1-3H3. The van der Waals surface area contributed by atoms with Gasteiger partial charge in [-0.25, -0.2) is 4.98 Å². The van der Waals surface area contributed by atoms with Gasteiger partial charge in [0.25, 0.3) is 0 Å². The second-order valence-electron chi connectivity index (χ2n) is 4.05. The summed E-state index contributed by atoms with van der Waals surface area (Å²) in [7, 11) is 2.93. The van der Waals surface area contributed by atoms with E-state index in [9.17, 15) is 13.2 Å². The van der Waals surface area contributed by atoms with E-state index in [0.717, 1.165) is 16.3 Å². The van der Waals surface area contributed by atoms with E-state index in [1.54, 1.807) is 0 Å². The number of thiazole rings is 1. The highest BCUT2D eigenvalue weighted by Crippen LogP contribution is 2.28. The Labute approximate surface area is 114 Å². The highest BCUT2D eigenvalue weighted by Gasteiger charge is 2.30. The summed E-state index contributed by atoms with van der Waals surface area (Å²) in [5.41, 5.74) is 0.692. The zero-order valence-electron chi connectivity index (χ0n) is 11.2. The smallest absolute Gasteiger partial charge is 0.378 e. The minimum absolute atomic E-state index is 0.303. The van der Waals surface area contributed by atoms with Gasteiger partial charge in [-0.3, -0.25) is 0 Å². The molecule has 19 heavy (non-hydrogen) atoms. The molecule has 0 radical (unpaired) electrons. The Morgan fingerprint density at radius 1 is 1.42 bits per heavy atom. The van der Waals surface area contributed by atoms with E-state index in [1.807, 2.05) is 6.92 Å². The first kappa shape index (κ1) is 16.2. The molecule has 1 rings (SSSR count). The number of nitrogens with one attached hydrogen (secondary N) is 1. The largest absolute Gasteiger partial charge is 0.405 e. The molecule has 110 valence electrons. The fraction of sp³-hybridized carbons (Fsp3) is 0.727. The lowest BCUT2D eigenvalue weighted by atomic mass is 10.3. The molecule has 0 saturated heterocycles. The number of aromatic nitrogens is 1. The maximum atomic E-state index is 12.3. The molecule has 0 fully saturated rings. The van der Waals surface area contributed by atoms with E-state index in [1.165, 1.54) is 25.5 Å². The fourth-order valence-corrected chi connectivity index (χ4v) is 2.49. The number of anilines is 1. The second kappa shape index (κ2) is 7.06. The van der Waals surface area contributed by atoms with Crippen LogP contribution in [0.5, 0.6) is 0 Å². The van der Waals surface area contributed by atoms with Crippen molar-refractivity contribution in [1.29, 1.82) is 0 Å². The van der Waals surface area contributed by atoms with Crippen LogP contribution in [0.1, 0.15) is 17.5 Å². The van der Waals surface area contributed by atoms with Crippen molar-refractivity contribution in [3.05, 3.63) is 10.6 Å². The first-order chi connectivity index (χ1) is 8.87. The van der Waals surface area contributed by atoms with Crippen LogP contribution in [0, 0.1) is 0 Å². The fourth-order valence-electron chi connectivity index (χ4n) is 1.50. The van der Waals surface area contributed by atoms with E-state index in [4.69, 9.17) is 4.74 Å². The monoisotopic (exact) mass is 297 g/mol. The number of methoxy groups -OCH3 is 1. The summed E-state index contributed by atoms with van der Waals surface area (Å²) in [6.07, 6.45) is -4.23. The number of ether oxygens (including phenoxy) is 1. The zero-order valence-corrected chi connectivity index (χ0v) is 12.0. The van der Waals surface area contributed by atoms with Crippen molar-refractivity contribution >= 4 is 16.5 Å². The molecular weight excluding hydrogens is 279 g/mol. The van der Waals surface area contributed by atoms with Gasteiger partial charge < -0.3 is 15.0 Å². The van der Waals surface area contributed by atoms with Crippen molar-refractivity contribution in [3.8, 4) is 0 Å². The SMILES string of the molecule is CCNCc1sc(N(C)CC(F)(F)F)nc1COC. The minimum Gasteiger partial charge on any atom is -0.378 e. The Kier molecular flexibility index (Phi) is 6.02. The van der Waals surface area contributed by atoms with Gasteiger partial charge in [0, 0.05) is 25.6 Å². The van der Waals surface area contributed by atoms with Crippen LogP contribution >= 0.6 is 11.3 Å². The lowest BCUT2D eigenvalue weighted by Gasteiger charge is -2.17. The third-order valence-corrected chi connectivity index (χ3v) is 3.54. The van der Waals surface area contributed by atoms with Gasteiger partial charge in [-0.1, -0.05) is 6.92 Å². The molecule has 1 aromatic rings. The molecule has 0 spiro atoms. The maximum absolute atomic E-state index is 12.3. The summed E-state index contributed by atoms with van der Waals surface area (Å²) < 4.78 is 42.1. The highest BCUT2D eigenvalue weighted by atomic mass is 32.1. The van der Waals surface area contributed by atoms with Gasteiger partial charge in [-0.15, -0.1) is 11.3 Å². The highest BCUT2D eigenvalue weighted by molar-refractivity contribution is 7.15. The van der Waals surface area contributed by atoms with Gasteiger partial charge in [0.2, 0.25) is 0 Å². The Morgan fingerprint density at radius 3 is 2.63 bits per heavy atom. The van der Waals surface area contributed by atoms with Crippen LogP contribution in [-0.4, -0.2) is 38.4 Å². The molecular formula is C11H18F3N3OS. The Morgan fingerprint density at radius 2 is 2.11 bits per heavy atom. The molecule has 0 aliphatic carbocycles. The summed E-state index contributed by atoms with van der Waals surface area (Å²) in [6.45, 7) is 2.64. The first-order valence-electron chi connectivity index (χ1n) is 5.83. The summed E-state index contributed by atoms with van der Waals surface area (Å²) in [5.74, 6) is 0. The van der Waals surface area contributed by atoms with E-state index in [0.29, 0.717) is 24.0 Å². The predicted octanol–water partition coefficient (Wildman–Crippen LogP) is 2.40. The average molecular weight is 297 g/mol. The van der Waals surface area contributed by atoms with Crippen LogP contribution in [0.2, 0.25) is 0 Å². The van der Waals surface area contributed by atoms with Gasteiger partial charge in [-0.2, -0.15) is 13.2 Å². The first-order valence-corrected chi connectivity index (χ1v) is 6.65. The molecule has 0 bridgehead atoms. The predicted molar refractivity (Wildman–Crippen MR) is 69.5 cm³/mol. The van der Waals surface area contributed by atoms with Crippen LogP contribution in [-0.2, 0) is 17.9 Å². The van der Waals surface area contributed by atoms with E-state index >= 15 is 0 Å². The van der Waals surface area contributed by atoms with Gasteiger partial charge in [0.15, 0.2) is 5.13 Å². The van der Waals surface area contributed by atoms with Crippen molar-refractivity contribution < 1.29 is 17.9 Å². The number of hydrogen-bond acceptors (Lipinski definition) is 5. The van der Waals surface area contributed by atoms with Gasteiger partial charge in [-0.05, 0) is 6.54 Å². The molecule has 0 amide bonds. The van der Waals surface area contributed by atoms with E-state index in [-0.39, 0.29) is 0 Å². The number of alkyl halides is 3. The van der Waals surface area contributed by atoms with Crippen molar-refractivity contribution in [2.45, 2.75) is 26.3 Å². The number of nitrogens with zero attached hydrogens (tertiary/aromatic N) is 2. The number of halogens is 3. The van der Waals surface area contributed by atoms with Crippen LogP contribution < -0.4 is 10.2 Å². The molecule has 1 N–H and O–H groups in total. The molecule has 0 saturated carbocycles. The van der Waals surface area contributed by atoms with Crippen LogP contribution in [0.3, 0.4) is 0 Å². The molecule has 0 aromatic carbocycles. The van der Waals surface area contributed by atoms with Crippen LogP contribution in [0.25, 0.3) is 0 Å². The number of rotatable bonds is 7. The van der Waals surface area contributed by atoms with Crippen molar-refractivity contribution in [1.82, 2.24) is 10.3 Å². The van der Waals surface area contributed by atoms with E-state index in [2.05, 4.69) is 10.3 Å². The molecule has 0 atom stereocenters. The Hall–Kier alpha value is -0.860. The summed E-state index contributed by atoms with van der Waals surface area (Å²) in [5, 5.41) is 3.50.